The van der Waals surface area contributed by atoms with Crippen LogP contribution in [0.4, 0.5) is 0 Å². The van der Waals surface area contributed by atoms with Crippen LogP contribution in [0.5, 0.6) is 0 Å². The lowest BCUT2D eigenvalue weighted by Gasteiger charge is -2.23. The predicted molar refractivity (Wildman–Crippen MR) is 61.5 cm³/mol. The van der Waals surface area contributed by atoms with Crippen molar-refractivity contribution in [2.75, 3.05) is 41.4 Å². The van der Waals surface area contributed by atoms with Crippen molar-refractivity contribution in [3.63, 3.8) is 0 Å². The maximum Gasteiger partial charge on any atom is 0.0848 e. The van der Waals surface area contributed by atoms with Crippen molar-refractivity contribution in [2.45, 2.75) is 19.8 Å². The molecule has 0 aliphatic rings. The van der Waals surface area contributed by atoms with Crippen LogP contribution in [-0.4, -0.2) is 51.0 Å². The lowest BCUT2D eigenvalue weighted by atomic mass is 10.4. The average molecular weight is 240 g/mol. The molecule has 4 heteroatoms. The van der Waals surface area contributed by atoms with Crippen LogP contribution >= 0.6 is 0 Å². The van der Waals surface area contributed by atoms with Gasteiger partial charge in [-0.2, -0.15) is 0 Å². The molecule has 94 valence electrons. The molecule has 1 N–H and O–H groups in total. The Morgan fingerprint density at radius 3 is 1.93 bits per heavy atom. The Hall–Kier alpha value is -0.250. The van der Waals surface area contributed by atoms with E-state index in [2.05, 4.69) is 27.7 Å². The number of allylic oxidation sites excluding steroid dienone is 1. The molecule has 0 aliphatic carbocycles. The van der Waals surface area contributed by atoms with Gasteiger partial charge in [0.1, 0.15) is 0 Å². The minimum atomic E-state index is 0. The average Bonchev–Trinajstić information content (AvgIpc) is 2.04. The van der Waals surface area contributed by atoms with E-state index in [-0.39, 0.29) is 18.2 Å². The van der Waals surface area contributed by atoms with Gasteiger partial charge in [0.2, 0.25) is 0 Å². The number of aliphatic hydroxyl groups is 1. The number of hydrogen-bond acceptors (Lipinski definition) is 2. The molecule has 15 heavy (non-hydrogen) atoms. The van der Waals surface area contributed by atoms with Crippen molar-refractivity contribution in [1.29, 1.82) is 0 Å². The van der Waals surface area contributed by atoms with Gasteiger partial charge in [0.15, 0.2) is 0 Å². The fraction of sp³-hybridized carbons (Fsp3) is 0.818. The van der Waals surface area contributed by atoms with E-state index in [1.165, 1.54) is 6.54 Å². The quantitative estimate of drug-likeness (QED) is 0.387. The SMILES string of the molecule is C=C(O)CC.COCCC[N+](C)(C)C.[Cl-]. The molecule has 3 nitrogen and oxygen atoms in total. The molecule has 0 aromatic carbocycles. The minimum Gasteiger partial charge on any atom is -1.00 e. The molecule has 0 saturated carbocycles. The lowest BCUT2D eigenvalue weighted by molar-refractivity contribution is -0.870. The van der Waals surface area contributed by atoms with Crippen molar-refractivity contribution in [2.24, 2.45) is 0 Å². The van der Waals surface area contributed by atoms with E-state index < -0.39 is 0 Å². The molecule has 0 rings (SSSR count). The summed E-state index contributed by atoms with van der Waals surface area (Å²) in [6, 6.07) is 0. The summed E-state index contributed by atoms with van der Waals surface area (Å²) in [7, 11) is 8.32. The maximum absolute atomic E-state index is 8.17. The standard InChI is InChI=1S/C7H18NO.C4H8O.ClH/c1-8(2,3)6-5-7-9-4;1-3-4(2)5;/h5-7H2,1-4H3;5H,2-3H2,1H3;1H/q+1;;/p-1. The zero-order valence-corrected chi connectivity index (χ0v) is 11.5. The second kappa shape index (κ2) is 11.8. The summed E-state index contributed by atoms with van der Waals surface area (Å²) >= 11 is 0. The number of methoxy groups -OCH3 is 1. The molecule has 0 fully saturated rings. The molecule has 0 spiro atoms. The van der Waals surface area contributed by atoms with Gasteiger partial charge in [-0.15, -0.1) is 0 Å². The fourth-order valence-corrected chi connectivity index (χ4v) is 0.683. The van der Waals surface area contributed by atoms with Crippen molar-refractivity contribution in [3.8, 4) is 0 Å². The molecule has 0 bridgehead atoms. The van der Waals surface area contributed by atoms with Gasteiger partial charge >= 0.3 is 0 Å². The van der Waals surface area contributed by atoms with Crippen LogP contribution in [0.3, 0.4) is 0 Å². The van der Waals surface area contributed by atoms with Gasteiger partial charge in [-0.25, -0.2) is 0 Å². The second-order valence-corrected chi connectivity index (χ2v) is 4.28. The Morgan fingerprint density at radius 1 is 1.33 bits per heavy atom. The van der Waals surface area contributed by atoms with Crippen molar-refractivity contribution >= 4 is 0 Å². The topological polar surface area (TPSA) is 29.5 Å². The molecule has 0 unspecified atom stereocenters. The molecule has 0 saturated heterocycles. The largest absolute Gasteiger partial charge is 1.00 e. The number of halogens is 1. The Morgan fingerprint density at radius 2 is 1.73 bits per heavy atom. The highest BCUT2D eigenvalue weighted by atomic mass is 35.5. The Balaban J connectivity index is -0.000000208. The number of hydrogen-bond donors (Lipinski definition) is 1. The summed E-state index contributed by atoms with van der Waals surface area (Å²) < 4.78 is 5.96. The first-order valence-electron chi connectivity index (χ1n) is 4.99. The first-order chi connectivity index (χ1) is 6.33. The minimum absolute atomic E-state index is 0. The van der Waals surface area contributed by atoms with E-state index >= 15 is 0 Å². The number of nitrogens with zero attached hydrogens (tertiary/aromatic N) is 1. The van der Waals surface area contributed by atoms with Crippen LogP contribution in [0, 0.1) is 0 Å². The Labute approximate surface area is 101 Å². The zero-order valence-electron chi connectivity index (χ0n) is 10.7. The number of aliphatic hydroxyl groups excluding tert-OH is 1. The highest BCUT2D eigenvalue weighted by molar-refractivity contribution is 4.74. The predicted octanol–water partition coefficient (Wildman–Crippen LogP) is -0.799. The zero-order chi connectivity index (χ0) is 11.6. The molecule has 0 aromatic rings. The maximum atomic E-state index is 8.17. The number of quaternary nitrogens is 1. The monoisotopic (exact) mass is 239 g/mol. The first kappa shape index (κ1) is 20.2. The van der Waals surface area contributed by atoms with Crippen LogP contribution in [-0.2, 0) is 4.74 Å². The molecule has 0 atom stereocenters. The Bertz CT molecular complexity index is 144. The summed E-state index contributed by atoms with van der Waals surface area (Å²) in [5.41, 5.74) is 0. The van der Waals surface area contributed by atoms with Crippen LogP contribution < -0.4 is 12.4 Å². The molecular weight excluding hydrogens is 214 g/mol. The molecule has 0 aromatic heterocycles. The van der Waals surface area contributed by atoms with Crippen LogP contribution in [0.15, 0.2) is 12.3 Å². The third-order valence-corrected chi connectivity index (χ3v) is 1.59. The van der Waals surface area contributed by atoms with E-state index in [1.54, 1.807) is 7.11 Å². The summed E-state index contributed by atoms with van der Waals surface area (Å²) in [4.78, 5) is 0. The number of rotatable bonds is 5. The molecule has 0 amide bonds. The van der Waals surface area contributed by atoms with Crippen LogP contribution in [0.25, 0.3) is 0 Å². The summed E-state index contributed by atoms with van der Waals surface area (Å²) in [5, 5.41) is 8.17. The van der Waals surface area contributed by atoms with Crippen molar-refractivity contribution in [1.82, 2.24) is 0 Å². The third kappa shape index (κ3) is 31.6. The van der Waals surface area contributed by atoms with Gasteiger partial charge in [-0.05, 0) is 0 Å². The number of ether oxygens (including phenoxy) is 1. The van der Waals surface area contributed by atoms with Gasteiger partial charge in [0.25, 0.3) is 0 Å². The molecular formula is C11H26ClNO2. The normalized spacial score (nSPS) is 9.67. The molecule has 0 radical (unpaired) electrons. The van der Waals surface area contributed by atoms with E-state index in [0.29, 0.717) is 6.42 Å². The first-order valence-corrected chi connectivity index (χ1v) is 4.99. The second-order valence-electron chi connectivity index (χ2n) is 4.28. The third-order valence-electron chi connectivity index (χ3n) is 1.59. The van der Waals surface area contributed by atoms with Gasteiger partial charge in [0, 0.05) is 20.0 Å². The highest BCUT2D eigenvalue weighted by Gasteiger charge is 2.04. The highest BCUT2D eigenvalue weighted by Crippen LogP contribution is 1.92. The fourth-order valence-electron chi connectivity index (χ4n) is 0.683. The van der Waals surface area contributed by atoms with Gasteiger partial charge in [0.05, 0.1) is 40.1 Å². The summed E-state index contributed by atoms with van der Waals surface area (Å²) in [6.07, 6.45) is 1.82. The van der Waals surface area contributed by atoms with Gasteiger partial charge in [-0.3, -0.25) is 0 Å². The van der Waals surface area contributed by atoms with Crippen molar-refractivity contribution < 1.29 is 26.7 Å². The molecule has 0 aliphatic heterocycles. The van der Waals surface area contributed by atoms with E-state index in [9.17, 15) is 0 Å². The van der Waals surface area contributed by atoms with Gasteiger partial charge < -0.3 is 26.7 Å². The lowest BCUT2D eigenvalue weighted by Crippen LogP contribution is -3.00. The summed E-state index contributed by atoms with van der Waals surface area (Å²) in [6.45, 7) is 7.15. The Kier molecular flexibility index (Phi) is 15.9. The van der Waals surface area contributed by atoms with Crippen LogP contribution in [0.1, 0.15) is 19.8 Å². The molecule has 0 heterocycles. The smallest absolute Gasteiger partial charge is 0.0848 e. The van der Waals surface area contributed by atoms with E-state index in [4.69, 9.17) is 9.84 Å². The van der Waals surface area contributed by atoms with Crippen molar-refractivity contribution in [3.05, 3.63) is 12.3 Å². The van der Waals surface area contributed by atoms with Crippen LogP contribution in [0.2, 0.25) is 0 Å². The van der Waals surface area contributed by atoms with E-state index in [0.717, 1.165) is 17.5 Å². The van der Waals surface area contributed by atoms with Gasteiger partial charge in [-0.1, -0.05) is 13.5 Å². The summed E-state index contributed by atoms with van der Waals surface area (Å²) in [5.74, 6) is 0.255. The van der Waals surface area contributed by atoms with E-state index in [1.807, 2.05) is 6.92 Å².